The maximum absolute atomic E-state index is 13.9. The van der Waals surface area contributed by atoms with Crippen LogP contribution in [0, 0.1) is 41.5 Å². The molecule has 1 heterocycles. The van der Waals surface area contributed by atoms with Gasteiger partial charge in [-0.3, -0.25) is 4.79 Å². The van der Waals surface area contributed by atoms with Crippen molar-refractivity contribution in [3.8, 4) is 11.3 Å². The van der Waals surface area contributed by atoms with Crippen LogP contribution in [0.5, 0.6) is 0 Å². The van der Waals surface area contributed by atoms with Crippen LogP contribution in [0.1, 0.15) is 44.5 Å². The minimum absolute atomic E-state index is 0.464. The highest BCUT2D eigenvalue weighted by Gasteiger charge is 2.41. The number of aromatic amines is 1. The van der Waals surface area contributed by atoms with Gasteiger partial charge in [0.05, 0.1) is 5.69 Å². The third-order valence-corrected chi connectivity index (χ3v) is 7.87. The Morgan fingerprint density at radius 3 is 1.79 bits per heavy atom. The lowest BCUT2D eigenvalue weighted by Crippen LogP contribution is -2.36. The zero-order chi connectivity index (χ0) is 27.9. The van der Waals surface area contributed by atoms with E-state index in [1.54, 1.807) is 12.1 Å². The lowest BCUT2D eigenvalue weighted by molar-refractivity contribution is -0.133. The van der Waals surface area contributed by atoms with Crippen LogP contribution in [0.4, 0.5) is 5.69 Å². The third kappa shape index (κ3) is 4.70. The highest BCUT2D eigenvalue weighted by molar-refractivity contribution is 6.00. The smallest absolute Gasteiger partial charge is 0.305 e. The number of azo groups is 1. The molecule has 5 heteroatoms. The molecule has 0 spiro atoms. The molecule has 0 atom stereocenters. The summed E-state index contributed by atoms with van der Waals surface area (Å²) < 4.78 is 0. The second kappa shape index (κ2) is 10.1. The van der Waals surface area contributed by atoms with Crippen LogP contribution in [0.15, 0.2) is 89.1 Å². The van der Waals surface area contributed by atoms with Crippen molar-refractivity contribution in [3.05, 3.63) is 123 Å². The van der Waals surface area contributed by atoms with Gasteiger partial charge in [-0.25, -0.2) is 0 Å². The molecule has 1 aromatic heterocycles. The normalized spacial score (nSPS) is 12.0. The Balaban J connectivity index is 1.66. The van der Waals surface area contributed by atoms with Gasteiger partial charge in [0, 0.05) is 16.5 Å². The average Bonchev–Trinajstić information content (AvgIpc) is 3.30. The molecule has 0 aliphatic rings. The first-order valence-corrected chi connectivity index (χ1v) is 13.1. The van der Waals surface area contributed by atoms with Crippen molar-refractivity contribution in [1.29, 1.82) is 0 Å². The highest BCUT2D eigenvalue weighted by Crippen LogP contribution is 2.39. The van der Waals surface area contributed by atoms with E-state index in [0.29, 0.717) is 16.8 Å². The summed E-state index contributed by atoms with van der Waals surface area (Å²) in [6.45, 7) is 12.1. The topological polar surface area (TPSA) is 77.8 Å². The minimum atomic E-state index is -1.99. The standard InChI is InChI=1S/C34H33N3O2/c1-20-11-14-26(17-23(20)4)31-32(29-9-7-8-10-30(29)35-31)36-37-33(38)34(39,27-15-12-21(2)24(5)18-27)28-16-13-22(3)25(6)19-28/h7-19,35,39H,1-6H3. The van der Waals surface area contributed by atoms with E-state index >= 15 is 0 Å². The van der Waals surface area contributed by atoms with Crippen molar-refractivity contribution in [2.24, 2.45) is 10.2 Å². The molecule has 2 N–H and O–H groups in total. The molecule has 0 saturated heterocycles. The van der Waals surface area contributed by atoms with E-state index in [4.69, 9.17) is 0 Å². The van der Waals surface area contributed by atoms with Crippen LogP contribution in [-0.4, -0.2) is 16.0 Å². The van der Waals surface area contributed by atoms with Gasteiger partial charge in [0.15, 0.2) is 5.60 Å². The number of hydrogen-bond acceptors (Lipinski definition) is 3. The van der Waals surface area contributed by atoms with E-state index in [9.17, 15) is 9.90 Å². The molecule has 4 aromatic carbocycles. The van der Waals surface area contributed by atoms with E-state index in [-0.39, 0.29) is 0 Å². The molecular weight excluding hydrogens is 482 g/mol. The van der Waals surface area contributed by atoms with E-state index in [1.807, 2.05) is 82.3 Å². The summed E-state index contributed by atoms with van der Waals surface area (Å²) in [5.41, 5.74) is 8.58. The number of H-pyrrole nitrogens is 1. The first kappa shape index (κ1) is 26.3. The maximum atomic E-state index is 13.9. The molecule has 0 bridgehead atoms. The molecule has 0 saturated carbocycles. The number of aryl methyl sites for hydroxylation is 6. The summed E-state index contributed by atoms with van der Waals surface area (Å²) >= 11 is 0. The lowest BCUT2D eigenvalue weighted by Gasteiger charge is -2.26. The molecule has 0 radical (unpaired) electrons. The van der Waals surface area contributed by atoms with Crippen LogP contribution in [0.25, 0.3) is 22.2 Å². The largest absolute Gasteiger partial charge is 0.372 e. The highest BCUT2D eigenvalue weighted by atomic mass is 16.3. The summed E-state index contributed by atoms with van der Waals surface area (Å²) in [6.07, 6.45) is 0. The van der Waals surface area contributed by atoms with Crippen molar-refractivity contribution >= 4 is 22.5 Å². The zero-order valence-corrected chi connectivity index (χ0v) is 23.3. The van der Waals surface area contributed by atoms with Gasteiger partial charge in [-0.05, 0) is 98.2 Å². The van der Waals surface area contributed by atoms with Crippen LogP contribution < -0.4 is 0 Å². The number of para-hydroxylation sites is 1. The Morgan fingerprint density at radius 1 is 0.692 bits per heavy atom. The molecule has 5 aromatic rings. The maximum Gasteiger partial charge on any atom is 0.305 e. The third-order valence-electron chi connectivity index (χ3n) is 7.87. The number of hydrogen-bond donors (Lipinski definition) is 2. The summed E-state index contributed by atoms with van der Waals surface area (Å²) in [4.78, 5) is 17.4. The van der Waals surface area contributed by atoms with Gasteiger partial charge in [0.2, 0.25) is 0 Å². The number of aromatic nitrogens is 1. The number of benzene rings is 4. The average molecular weight is 516 g/mol. The number of fused-ring (bicyclic) bond motifs is 1. The Bertz CT molecular complexity index is 1710. The first-order chi connectivity index (χ1) is 18.6. The van der Waals surface area contributed by atoms with Gasteiger partial charge < -0.3 is 10.1 Å². The second-order valence-electron chi connectivity index (χ2n) is 10.5. The summed E-state index contributed by atoms with van der Waals surface area (Å²) in [5.74, 6) is -0.745. The molecule has 0 fully saturated rings. The molecule has 0 aliphatic heterocycles. The Morgan fingerprint density at radius 2 is 1.23 bits per heavy atom. The van der Waals surface area contributed by atoms with Crippen molar-refractivity contribution in [3.63, 3.8) is 0 Å². The van der Waals surface area contributed by atoms with Crippen molar-refractivity contribution in [2.75, 3.05) is 0 Å². The lowest BCUT2D eigenvalue weighted by atomic mass is 9.83. The Hall–Kier alpha value is -4.35. The van der Waals surface area contributed by atoms with Gasteiger partial charge >= 0.3 is 5.91 Å². The number of amides is 1. The Labute approximate surface area is 229 Å². The fraction of sp³-hybridized carbons (Fsp3) is 0.206. The van der Waals surface area contributed by atoms with Crippen molar-refractivity contribution in [2.45, 2.75) is 47.1 Å². The van der Waals surface area contributed by atoms with Crippen molar-refractivity contribution < 1.29 is 9.90 Å². The zero-order valence-electron chi connectivity index (χ0n) is 23.3. The van der Waals surface area contributed by atoms with E-state index in [1.165, 1.54) is 5.56 Å². The molecule has 0 unspecified atom stereocenters. The van der Waals surface area contributed by atoms with E-state index < -0.39 is 11.5 Å². The van der Waals surface area contributed by atoms with Gasteiger partial charge in [-0.15, -0.1) is 10.2 Å². The van der Waals surface area contributed by atoms with Crippen LogP contribution >= 0.6 is 0 Å². The van der Waals surface area contributed by atoms with Gasteiger partial charge in [0.1, 0.15) is 5.69 Å². The fourth-order valence-corrected chi connectivity index (χ4v) is 4.85. The predicted octanol–water partition coefficient (Wildman–Crippen LogP) is 8.23. The van der Waals surface area contributed by atoms with Gasteiger partial charge in [-0.2, -0.15) is 0 Å². The fourth-order valence-electron chi connectivity index (χ4n) is 4.85. The van der Waals surface area contributed by atoms with Crippen LogP contribution in [-0.2, 0) is 10.4 Å². The minimum Gasteiger partial charge on any atom is -0.372 e. The summed E-state index contributed by atoms with van der Waals surface area (Å²) in [5, 5.41) is 21.7. The second-order valence-corrected chi connectivity index (χ2v) is 10.5. The number of nitrogens with zero attached hydrogens (tertiary/aromatic N) is 2. The molecule has 5 nitrogen and oxygen atoms in total. The molecule has 0 aliphatic carbocycles. The Kier molecular flexibility index (Phi) is 6.79. The number of aliphatic hydroxyl groups is 1. The molecule has 39 heavy (non-hydrogen) atoms. The van der Waals surface area contributed by atoms with E-state index in [0.717, 1.165) is 50.0 Å². The number of nitrogens with one attached hydrogen (secondary N) is 1. The number of carbonyl (C=O) groups excluding carboxylic acids is 1. The predicted molar refractivity (Wildman–Crippen MR) is 158 cm³/mol. The van der Waals surface area contributed by atoms with Gasteiger partial charge in [-0.1, -0.05) is 66.7 Å². The molecule has 5 rings (SSSR count). The van der Waals surface area contributed by atoms with Gasteiger partial charge in [0.25, 0.3) is 0 Å². The summed E-state index contributed by atoms with van der Waals surface area (Å²) in [7, 11) is 0. The quantitative estimate of drug-likeness (QED) is 0.231. The van der Waals surface area contributed by atoms with E-state index in [2.05, 4.69) is 41.2 Å². The summed E-state index contributed by atoms with van der Waals surface area (Å²) in [6, 6.07) is 25.1. The van der Waals surface area contributed by atoms with Crippen molar-refractivity contribution in [1.82, 2.24) is 4.98 Å². The number of rotatable bonds is 5. The first-order valence-electron chi connectivity index (χ1n) is 13.1. The molecule has 196 valence electrons. The SMILES string of the molecule is Cc1ccc(-c2[nH]c3ccccc3c2N=NC(=O)C(O)(c2ccc(C)c(C)c2)c2ccc(C)c(C)c2)cc1C. The monoisotopic (exact) mass is 515 g/mol. The van der Waals surface area contributed by atoms with Crippen LogP contribution in [0.2, 0.25) is 0 Å². The molecular formula is C34H33N3O2. The van der Waals surface area contributed by atoms with Crippen LogP contribution in [0.3, 0.4) is 0 Å². The number of carbonyl (C=O) groups is 1. The molecule has 1 amide bonds.